The monoisotopic (exact) mass is 370 g/mol. The van der Waals surface area contributed by atoms with Crippen molar-refractivity contribution in [1.29, 1.82) is 0 Å². The Kier molecular flexibility index (Phi) is 5.96. The third kappa shape index (κ3) is 5.30. The standard InChI is InChI=1S/C16H17F3N4O3/c1-9(2)25-22-10(3)8-20-14(24)12-6-4-11(5-7-12)13-21-15(26-23-13)16(17,18)19/h4-7,9H,8H2,1-3H3,(H,20,24). The Labute approximate surface area is 147 Å². The topological polar surface area (TPSA) is 89.6 Å². The van der Waals surface area contributed by atoms with Crippen LogP contribution in [0.5, 0.6) is 0 Å². The number of nitrogens with one attached hydrogen (secondary N) is 1. The molecule has 0 unspecified atom stereocenters. The lowest BCUT2D eigenvalue weighted by Gasteiger charge is -2.07. The molecule has 2 rings (SSSR count). The molecular formula is C16H17F3N4O3. The molecule has 0 saturated carbocycles. The zero-order chi connectivity index (χ0) is 19.3. The molecule has 26 heavy (non-hydrogen) atoms. The molecular weight excluding hydrogens is 353 g/mol. The van der Waals surface area contributed by atoms with Crippen molar-refractivity contribution in [1.82, 2.24) is 15.5 Å². The number of benzene rings is 1. The fourth-order valence-corrected chi connectivity index (χ4v) is 1.76. The van der Waals surface area contributed by atoms with E-state index < -0.39 is 12.1 Å². The van der Waals surface area contributed by atoms with Gasteiger partial charge in [0.1, 0.15) is 6.10 Å². The first-order valence-electron chi connectivity index (χ1n) is 7.65. The van der Waals surface area contributed by atoms with Gasteiger partial charge >= 0.3 is 12.1 Å². The summed E-state index contributed by atoms with van der Waals surface area (Å²) in [4.78, 5) is 20.4. The molecule has 0 saturated heterocycles. The SMILES string of the molecule is CC(CNC(=O)c1ccc(-c2noc(C(F)(F)F)n2)cc1)=NOC(C)C. The Morgan fingerprint density at radius 3 is 2.50 bits per heavy atom. The summed E-state index contributed by atoms with van der Waals surface area (Å²) in [7, 11) is 0. The highest BCUT2D eigenvalue weighted by molar-refractivity contribution is 5.97. The van der Waals surface area contributed by atoms with Gasteiger partial charge in [0, 0.05) is 11.1 Å². The van der Waals surface area contributed by atoms with Crippen molar-refractivity contribution in [2.45, 2.75) is 33.1 Å². The number of aromatic nitrogens is 2. The quantitative estimate of drug-likeness (QED) is 0.623. The normalized spacial score (nSPS) is 12.3. The predicted molar refractivity (Wildman–Crippen MR) is 86.4 cm³/mol. The van der Waals surface area contributed by atoms with E-state index >= 15 is 0 Å². The summed E-state index contributed by atoms with van der Waals surface area (Å²) in [5, 5.41) is 9.79. The van der Waals surface area contributed by atoms with Crippen molar-refractivity contribution in [2.24, 2.45) is 5.16 Å². The number of oxime groups is 1. The van der Waals surface area contributed by atoms with E-state index in [0.29, 0.717) is 16.8 Å². The Morgan fingerprint density at radius 1 is 1.31 bits per heavy atom. The first kappa shape index (κ1) is 19.4. The van der Waals surface area contributed by atoms with Gasteiger partial charge in [-0.1, -0.05) is 22.4 Å². The van der Waals surface area contributed by atoms with E-state index in [4.69, 9.17) is 4.84 Å². The summed E-state index contributed by atoms with van der Waals surface area (Å²) in [5.41, 5.74) is 1.21. The second-order valence-electron chi connectivity index (χ2n) is 5.66. The lowest BCUT2D eigenvalue weighted by Crippen LogP contribution is -2.28. The van der Waals surface area contributed by atoms with Crippen molar-refractivity contribution in [3.05, 3.63) is 35.7 Å². The number of amides is 1. The maximum atomic E-state index is 12.5. The van der Waals surface area contributed by atoms with Gasteiger partial charge in [-0.3, -0.25) is 4.79 Å². The lowest BCUT2D eigenvalue weighted by molar-refractivity contribution is -0.159. The smallest absolute Gasteiger partial charge is 0.393 e. The first-order chi connectivity index (χ1) is 12.2. The molecule has 1 heterocycles. The zero-order valence-electron chi connectivity index (χ0n) is 14.3. The number of carbonyl (C=O) groups is 1. The van der Waals surface area contributed by atoms with Gasteiger partial charge in [0.15, 0.2) is 0 Å². The van der Waals surface area contributed by atoms with Crippen LogP contribution in [-0.4, -0.2) is 34.4 Å². The van der Waals surface area contributed by atoms with Crippen LogP contribution in [0.25, 0.3) is 11.4 Å². The number of halogens is 3. The third-order valence-corrected chi connectivity index (χ3v) is 3.00. The van der Waals surface area contributed by atoms with E-state index in [1.54, 1.807) is 6.92 Å². The summed E-state index contributed by atoms with van der Waals surface area (Å²) in [6.45, 7) is 5.57. The first-order valence-corrected chi connectivity index (χ1v) is 7.65. The van der Waals surface area contributed by atoms with Gasteiger partial charge in [0.25, 0.3) is 5.91 Å². The third-order valence-electron chi connectivity index (χ3n) is 3.00. The second-order valence-corrected chi connectivity index (χ2v) is 5.66. The van der Waals surface area contributed by atoms with E-state index in [9.17, 15) is 18.0 Å². The summed E-state index contributed by atoms with van der Waals surface area (Å²) in [6.07, 6.45) is -4.76. The van der Waals surface area contributed by atoms with E-state index in [0.717, 1.165) is 0 Å². The van der Waals surface area contributed by atoms with Crippen LogP contribution >= 0.6 is 0 Å². The number of nitrogens with zero attached hydrogens (tertiary/aromatic N) is 3. The summed E-state index contributed by atoms with van der Waals surface area (Å²) in [6, 6.07) is 5.77. The van der Waals surface area contributed by atoms with Crippen molar-refractivity contribution in [3.8, 4) is 11.4 Å². The van der Waals surface area contributed by atoms with Crippen LogP contribution in [0.15, 0.2) is 33.9 Å². The van der Waals surface area contributed by atoms with Crippen LogP contribution in [0, 0.1) is 0 Å². The average Bonchev–Trinajstić information content (AvgIpc) is 3.08. The Bertz CT molecular complexity index is 783. The van der Waals surface area contributed by atoms with E-state index in [1.165, 1.54) is 24.3 Å². The Hall–Kier alpha value is -2.91. The molecule has 140 valence electrons. The molecule has 0 spiro atoms. The number of hydrogen-bond donors (Lipinski definition) is 1. The molecule has 0 bridgehead atoms. The molecule has 0 aliphatic heterocycles. The summed E-state index contributed by atoms with van der Waals surface area (Å²) < 4.78 is 41.6. The number of rotatable bonds is 6. The molecule has 0 aliphatic rings. The minimum absolute atomic E-state index is 0.0591. The van der Waals surface area contributed by atoms with Gasteiger partial charge < -0.3 is 14.7 Å². The molecule has 0 atom stereocenters. The van der Waals surface area contributed by atoms with Gasteiger partial charge in [0.2, 0.25) is 5.82 Å². The van der Waals surface area contributed by atoms with Crippen LogP contribution in [0.2, 0.25) is 0 Å². The molecule has 1 N–H and O–H groups in total. The maximum Gasteiger partial charge on any atom is 0.471 e. The zero-order valence-corrected chi connectivity index (χ0v) is 14.3. The van der Waals surface area contributed by atoms with E-state index in [1.807, 2.05) is 13.8 Å². The van der Waals surface area contributed by atoms with Crippen LogP contribution in [0.4, 0.5) is 13.2 Å². The van der Waals surface area contributed by atoms with Crippen molar-refractivity contribution >= 4 is 11.6 Å². The lowest BCUT2D eigenvalue weighted by atomic mass is 10.1. The number of carbonyl (C=O) groups excluding carboxylic acids is 1. The summed E-state index contributed by atoms with van der Waals surface area (Å²) in [5.74, 6) is -1.99. The van der Waals surface area contributed by atoms with Gasteiger partial charge in [-0.15, -0.1) is 0 Å². The van der Waals surface area contributed by atoms with E-state index in [-0.39, 0.29) is 24.4 Å². The van der Waals surface area contributed by atoms with Gasteiger partial charge in [-0.2, -0.15) is 18.2 Å². The summed E-state index contributed by atoms with van der Waals surface area (Å²) >= 11 is 0. The van der Waals surface area contributed by atoms with Crippen LogP contribution in [0.1, 0.15) is 37.0 Å². The molecule has 0 radical (unpaired) electrons. The number of hydrogen-bond acceptors (Lipinski definition) is 6. The van der Waals surface area contributed by atoms with Crippen LogP contribution in [0.3, 0.4) is 0 Å². The van der Waals surface area contributed by atoms with Gasteiger partial charge in [-0.25, -0.2) is 0 Å². The van der Waals surface area contributed by atoms with Crippen molar-refractivity contribution in [2.75, 3.05) is 6.54 Å². The highest BCUT2D eigenvalue weighted by atomic mass is 19.4. The molecule has 2 aromatic rings. The molecule has 1 aromatic carbocycles. The number of alkyl halides is 3. The largest absolute Gasteiger partial charge is 0.471 e. The van der Waals surface area contributed by atoms with Crippen molar-refractivity contribution < 1.29 is 27.3 Å². The fourth-order valence-electron chi connectivity index (χ4n) is 1.76. The van der Waals surface area contributed by atoms with Crippen LogP contribution < -0.4 is 5.32 Å². The fraction of sp³-hybridized carbons (Fsp3) is 0.375. The molecule has 10 heteroatoms. The van der Waals surface area contributed by atoms with Crippen LogP contribution in [-0.2, 0) is 11.0 Å². The molecule has 0 aliphatic carbocycles. The van der Waals surface area contributed by atoms with Crippen molar-refractivity contribution in [3.63, 3.8) is 0 Å². The molecule has 1 aromatic heterocycles. The minimum Gasteiger partial charge on any atom is -0.393 e. The highest BCUT2D eigenvalue weighted by Crippen LogP contribution is 2.29. The van der Waals surface area contributed by atoms with Gasteiger partial charge in [-0.05, 0) is 32.9 Å². The molecule has 7 nitrogen and oxygen atoms in total. The second kappa shape index (κ2) is 7.98. The minimum atomic E-state index is -4.70. The van der Waals surface area contributed by atoms with E-state index in [2.05, 4.69) is 25.1 Å². The van der Waals surface area contributed by atoms with Gasteiger partial charge in [0.05, 0.1) is 12.3 Å². The molecule has 0 fully saturated rings. The highest BCUT2D eigenvalue weighted by Gasteiger charge is 2.38. The predicted octanol–water partition coefficient (Wildman–Crippen LogP) is 3.29. The Balaban J connectivity index is 1.99. The molecule has 1 amide bonds. The Morgan fingerprint density at radius 2 is 1.96 bits per heavy atom. The maximum absolute atomic E-state index is 12.5. The average molecular weight is 370 g/mol.